The van der Waals surface area contributed by atoms with E-state index in [1.807, 2.05) is 0 Å². The average molecular weight is 251 g/mol. The molecule has 0 aromatic heterocycles. The van der Waals surface area contributed by atoms with E-state index in [2.05, 4.69) is 12.2 Å². The summed E-state index contributed by atoms with van der Waals surface area (Å²) in [6, 6.07) is 5.57. The molecule has 1 aliphatic heterocycles. The monoisotopic (exact) mass is 251 g/mol. The number of carbonyl (C=O) groups is 1. The minimum atomic E-state index is -0.332. The number of hydrogen-bond donors (Lipinski definition) is 1. The number of amides is 1. The van der Waals surface area contributed by atoms with Crippen molar-refractivity contribution in [1.29, 1.82) is 0 Å². The minimum Gasteiger partial charge on any atom is -0.378 e. The number of nitrogens with one attached hydrogen (secondary N) is 1. The normalized spacial score (nSPS) is 23.0. The zero-order valence-electron chi connectivity index (χ0n) is 10.5. The van der Waals surface area contributed by atoms with Gasteiger partial charge < -0.3 is 10.1 Å². The topological polar surface area (TPSA) is 38.3 Å². The van der Waals surface area contributed by atoms with Crippen LogP contribution in [0.2, 0.25) is 0 Å². The molecule has 1 saturated heterocycles. The summed E-state index contributed by atoms with van der Waals surface area (Å²) in [7, 11) is 0. The highest BCUT2D eigenvalue weighted by atomic mass is 19.1. The maximum atomic E-state index is 12.7. The number of carbonyl (C=O) groups excluding carboxylic acids is 1. The van der Waals surface area contributed by atoms with E-state index in [4.69, 9.17) is 4.74 Å². The summed E-state index contributed by atoms with van der Waals surface area (Å²) in [5.41, 5.74) is 0.489. The third kappa shape index (κ3) is 3.07. The number of benzene rings is 1. The molecule has 98 valence electrons. The van der Waals surface area contributed by atoms with E-state index < -0.39 is 0 Å². The summed E-state index contributed by atoms with van der Waals surface area (Å²) in [6.45, 7) is 3.48. The quantitative estimate of drug-likeness (QED) is 0.892. The molecule has 2 atom stereocenters. The van der Waals surface area contributed by atoms with Crippen LogP contribution >= 0.6 is 0 Å². The number of hydrogen-bond acceptors (Lipinski definition) is 2. The molecule has 0 bridgehead atoms. The van der Waals surface area contributed by atoms with Crippen molar-refractivity contribution in [3.8, 4) is 0 Å². The highest BCUT2D eigenvalue weighted by Crippen LogP contribution is 2.22. The molecular formula is C14H18FNO2. The second-order valence-electron chi connectivity index (χ2n) is 4.58. The second kappa shape index (κ2) is 5.96. The smallest absolute Gasteiger partial charge is 0.251 e. The van der Waals surface area contributed by atoms with Gasteiger partial charge in [-0.15, -0.1) is 0 Å². The van der Waals surface area contributed by atoms with Crippen molar-refractivity contribution in [3.05, 3.63) is 35.6 Å². The van der Waals surface area contributed by atoms with Crippen LogP contribution in [0, 0.1) is 11.7 Å². The lowest BCUT2D eigenvalue weighted by molar-refractivity contribution is 0.0827. The molecule has 0 aliphatic carbocycles. The van der Waals surface area contributed by atoms with Crippen LogP contribution in [-0.4, -0.2) is 25.2 Å². The molecule has 3 nitrogen and oxygen atoms in total. The molecule has 2 rings (SSSR count). The molecular weight excluding hydrogens is 233 g/mol. The Morgan fingerprint density at radius 2 is 2.17 bits per heavy atom. The predicted molar refractivity (Wildman–Crippen MR) is 66.9 cm³/mol. The van der Waals surface area contributed by atoms with Gasteiger partial charge in [-0.2, -0.15) is 0 Å². The van der Waals surface area contributed by atoms with E-state index in [-0.39, 0.29) is 17.8 Å². The molecule has 1 aliphatic rings. The zero-order valence-corrected chi connectivity index (χ0v) is 10.5. The first-order valence-corrected chi connectivity index (χ1v) is 6.36. The summed E-state index contributed by atoms with van der Waals surface area (Å²) < 4.78 is 18.3. The summed E-state index contributed by atoms with van der Waals surface area (Å²) >= 11 is 0. The predicted octanol–water partition coefficient (Wildman–Crippen LogP) is 2.37. The van der Waals surface area contributed by atoms with Gasteiger partial charge in [-0.3, -0.25) is 4.79 Å². The van der Waals surface area contributed by atoms with Crippen molar-refractivity contribution in [2.75, 3.05) is 13.2 Å². The second-order valence-corrected chi connectivity index (χ2v) is 4.58. The number of rotatable bonds is 4. The van der Waals surface area contributed by atoms with Gasteiger partial charge in [-0.25, -0.2) is 4.39 Å². The molecule has 1 aromatic rings. The van der Waals surface area contributed by atoms with Crippen LogP contribution in [0.5, 0.6) is 0 Å². The Bertz CT molecular complexity index is 405. The van der Waals surface area contributed by atoms with Gasteiger partial charge in [-0.1, -0.05) is 6.92 Å². The Balaban J connectivity index is 1.86. The Morgan fingerprint density at radius 3 is 2.83 bits per heavy atom. The highest BCUT2D eigenvalue weighted by Gasteiger charge is 2.26. The van der Waals surface area contributed by atoms with E-state index in [1.165, 1.54) is 24.3 Å². The Morgan fingerprint density at radius 1 is 1.44 bits per heavy atom. The van der Waals surface area contributed by atoms with Crippen molar-refractivity contribution in [2.24, 2.45) is 5.92 Å². The lowest BCUT2D eigenvalue weighted by atomic mass is 9.99. The number of ether oxygens (including phenoxy) is 1. The third-order valence-electron chi connectivity index (χ3n) is 3.38. The van der Waals surface area contributed by atoms with E-state index in [1.54, 1.807) is 0 Å². The first-order valence-electron chi connectivity index (χ1n) is 6.36. The maximum absolute atomic E-state index is 12.7. The molecule has 1 heterocycles. The van der Waals surface area contributed by atoms with Crippen molar-refractivity contribution in [3.63, 3.8) is 0 Å². The standard InChI is InChI=1S/C14H18FNO2/c1-2-13-11(7-8-18-13)9-16-14(17)10-3-5-12(15)6-4-10/h3-6,11,13H,2,7-9H2,1H3,(H,16,17). The van der Waals surface area contributed by atoms with Gasteiger partial charge in [0.05, 0.1) is 6.10 Å². The molecule has 1 fully saturated rings. The van der Waals surface area contributed by atoms with Crippen LogP contribution in [0.1, 0.15) is 30.1 Å². The van der Waals surface area contributed by atoms with Crippen LogP contribution in [0.3, 0.4) is 0 Å². The molecule has 4 heteroatoms. The fourth-order valence-electron chi connectivity index (χ4n) is 2.30. The van der Waals surface area contributed by atoms with Crippen molar-refractivity contribution < 1.29 is 13.9 Å². The summed E-state index contributed by atoms with van der Waals surface area (Å²) in [5, 5.41) is 2.88. The van der Waals surface area contributed by atoms with Gasteiger partial charge in [-0.05, 0) is 37.1 Å². The molecule has 2 unspecified atom stereocenters. The molecule has 0 radical (unpaired) electrons. The van der Waals surface area contributed by atoms with Crippen molar-refractivity contribution >= 4 is 5.91 Å². The molecule has 18 heavy (non-hydrogen) atoms. The highest BCUT2D eigenvalue weighted by molar-refractivity contribution is 5.94. The maximum Gasteiger partial charge on any atom is 0.251 e. The number of halogens is 1. The van der Waals surface area contributed by atoms with Gasteiger partial charge in [0, 0.05) is 24.6 Å². The molecule has 0 spiro atoms. The largest absolute Gasteiger partial charge is 0.378 e. The van der Waals surface area contributed by atoms with Gasteiger partial charge in [0.2, 0.25) is 0 Å². The van der Waals surface area contributed by atoms with Crippen molar-refractivity contribution in [1.82, 2.24) is 5.32 Å². The van der Waals surface area contributed by atoms with E-state index in [0.29, 0.717) is 18.0 Å². The van der Waals surface area contributed by atoms with Crippen LogP contribution < -0.4 is 5.32 Å². The minimum absolute atomic E-state index is 0.156. The fourth-order valence-corrected chi connectivity index (χ4v) is 2.30. The first kappa shape index (κ1) is 13.0. The molecule has 1 amide bonds. The SMILES string of the molecule is CCC1OCCC1CNC(=O)c1ccc(F)cc1. The van der Waals surface area contributed by atoms with Gasteiger partial charge in [0.15, 0.2) is 0 Å². The molecule has 0 saturated carbocycles. The summed E-state index contributed by atoms with van der Waals surface area (Å²) in [6.07, 6.45) is 2.21. The lowest BCUT2D eigenvalue weighted by Gasteiger charge is -2.17. The van der Waals surface area contributed by atoms with Gasteiger partial charge in [0.25, 0.3) is 5.91 Å². The van der Waals surface area contributed by atoms with Crippen LogP contribution in [-0.2, 0) is 4.74 Å². The van der Waals surface area contributed by atoms with Crippen LogP contribution in [0.15, 0.2) is 24.3 Å². The molecule has 1 aromatic carbocycles. The van der Waals surface area contributed by atoms with E-state index in [9.17, 15) is 9.18 Å². The van der Waals surface area contributed by atoms with Crippen LogP contribution in [0.4, 0.5) is 4.39 Å². The van der Waals surface area contributed by atoms with Crippen molar-refractivity contribution in [2.45, 2.75) is 25.9 Å². The summed E-state index contributed by atoms with van der Waals surface area (Å²) in [4.78, 5) is 11.8. The van der Waals surface area contributed by atoms with Gasteiger partial charge >= 0.3 is 0 Å². The Labute approximate surface area is 106 Å². The van der Waals surface area contributed by atoms with E-state index >= 15 is 0 Å². The fraction of sp³-hybridized carbons (Fsp3) is 0.500. The first-order chi connectivity index (χ1) is 8.70. The van der Waals surface area contributed by atoms with Crippen LogP contribution in [0.25, 0.3) is 0 Å². The Hall–Kier alpha value is -1.42. The molecule has 1 N–H and O–H groups in total. The lowest BCUT2D eigenvalue weighted by Crippen LogP contribution is -2.32. The zero-order chi connectivity index (χ0) is 13.0. The summed E-state index contributed by atoms with van der Waals surface area (Å²) in [5.74, 6) is -0.0991. The average Bonchev–Trinajstić information content (AvgIpc) is 2.84. The third-order valence-corrected chi connectivity index (χ3v) is 3.38. The van der Waals surface area contributed by atoms with E-state index in [0.717, 1.165) is 19.4 Å². The Kier molecular flexibility index (Phi) is 4.31. The van der Waals surface area contributed by atoms with Gasteiger partial charge in [0.1, 0.15) is 5.82 Å².